The Balaban J connectivity index is 1.67. The monoisotopic (exact) mass is 305 g/mol. The summed E-state index contributed by atoms with van der Waals surface area (Å²) in [5.41, 5.74) is 0.140. The summed E-state index contributed by atoms with van der Waals surface area (Å²) < 4.78 is 11.0. The van der Waals surface area contributed by atoms with Crippen molar-refractivity contribution in [2.45, 2.75) is 6.10 Å². The molecule has 0 bridgehead atoms. The molecule has 0 saturated heterocycles. The lowest BCUT2D eigenvalue weighted by atomic mass is 10.2. The molecule has 2 N–H and O–H groups in total. The van der Waals surface area contributed by atoms with Crippen LogP contribution < -0.4 is 14.8 Å². The Morgan fingerprint density at radius 1 is 1.29 bits per heavy atom. The zero-order chi connectivity index (χ0) is 14.8. The summed E-state index contributed by atoms with van der Waals surface area (Å²) >= 11 is 1.15. The van der Waals surface area contributed by atoms with Crippen LogP contribution >= 0.6 is 11.3 Å². The molecule has 1 unspecified atom stereocenters. The third-order valence-electron chi connectivity index (χ3n) is 2.89. The van der Waals surface area contributed by atoms with Gasteiger partial charge in [-0.1, -0.05) is 12.1 Å². The van der Waals surface area contributed by atoms with Gasteiger partial charge in [-0.25, -0.2) is 4.79 Å². The van der Waals surface area contributed by atoms with E-state index in [1.54, 1.807) is 18.2 Å². The number of carboxylic acids is 1. The van der Waals surface area contributed by atoms with Crippen LogP contribution in [0.5, 0.6) is 11.5 Å². The van der Waals surface area contributed by atoms with Crippen molar-refractivity contribution in [2.24, 2.45) is 0 Å². The number of aromatic carboxylic acids is 1. The van der Waals surface area contributed by atoms with Crippen molar-refractivity contribution in [2.75, 3.05) is 11.9 Å². The van der Waals surface area contributed by atoms with Crippen LogP contribution in [0.4, 0.5) is 5.00 Å². The van der Waals surface area contributed by atoms with Crippen molar-refractivity contribution in [1.82, 2.24) is 0 Å². The lowest BCUT2D eigenvalue weighted by molar-refractivity contribution is -0.125. The number of amides is 1. The van der Waals surface area contributed by atoms with E-state index in [1.807, 2.05) is 6.07 Å². The molecule has 1 aromatic carbocycles. The summed E-state index contributed by atoms with van der Waals surface area (Å²) in [6.45, 7) is 0.111. The van der Waals surface area contributed by atoms with Gasteiger partial charge in [-0.3, -0.25) is 4.79 Å². The molecule has 1 aliphatic heterocycles. The minimum atomic E-state index is -1.03. The molecule has 6 nitrogen and oxygen atoms in total. The number of hydrogen-bond donors (Lipinski definition) is 2. The van der Waals surface area contributed by atoms with Crippen molar-refractivity contribution in [3.8, 4) is 11.5 Å². The average molecular weight is 305 g/mol. The smallest absolute Gasteiger partial charge is 0.336 e. The number of carbonyl (C=O) groups is 2. The normalized spacial score (nSPS) is 16.3. The fraction of sp³-hybridized carbons (Fsp3) is 0.143. The molecule has 3 rings (SSSR count). The molecule has 108 valence electrons. The van der Waals surface area contributed by atoms with E-state index in [1.165, 1.54) is 11.4 Å². The third-order valence-corrected chi connectivity index (χ3v) is 3.74. The lowest BCUT2D eigenvalue weighted by Gasteiger charge is -2.25. The summed E-state index contributed by atoms with van der Waals surface area (Å²) in [6, 6.07) is 8.51. The van der Waals surface area contributed by atoms with Gasteiger partial charge in [0.1, 0.15) is 6.61 Å². The first-order valence-electron chi connectivity index (χ1n) is 6.14. The highest BCUT2D eigenvalue weighted by molar-refractivity contribution is 7.14. The molecule has 2 aromatic rings. The summed E-state index contributed by atoms with van der Waals surface area (Å²) in [6.07, 6.45) is -0.768. The maximum absolute atomic E-state index is 12.1. The number of carboxylic acid groups (broad SMARTS) is 1. The van der Waals surface area contributed by atoms with E-state index in [0.29, 0.717) is 16.5 Å². The van der Waals surface area contributed by atoms with E-state index in [-0.39, 0.29) is 18.1 Å². The number of para-hydroxylation sites is 2. The largest absolute Gasteiger partial charge is 0.485 e. The summed E-state index contributed by atoms with van der Waals surface area (Å²) in [7, 11) is 0. The second-order valence-electron chi connectivity index (χ2n) is 4.36. The Morgan fingerprint density at radius 3 is 2.76 bits per heavy atom. The SMILES string of the molecule is O=C(O)c1csc(NC(=O)C2COc3ccccc3O2)c1. The van der Waals surface area contributed by atoms with Crippen molar-refractivity contribution in [3.05, 3.63) is 41.3 Å². The van der Waals surface area contributed by atoms with Crippen LogP contribution in [0.15, 0.2) is 35.7 Å². The Labute approximate surface area is 123 Å². The minimum absolute atomic E-state index is 0.111. The fourth-order valence-corrected chi connectivity index (χ4v) is 2.64. The van der Waals surface area contributed by atoms with E-state index < -0.39 is 12.1 Å². The zero-order valence-electron chi connectivity index (χ0n) is 10.7. The zero-order valence-corrected chi connectivity index (χ0v) is 11.6. The van der Waals surface area contributed by atoms with Gasteiger partial charge in [-0.15, -0.1) is 11.3 Å². The van der Waals surface area contributed by atoms with Crippen LogP contribution in [0.25, 0.3) is 0 Å². The first kappa shape index (κ1) is 13.4. The van der Waals surface area contributed by atoms with Crippen LogP contribution in [-0.4, -0.2) is 29.7 Å². The molecule has 0 fully saturated rings. The molecule has 0 saturated carbocycles. The lowest BCUT2D eigenvalue weighted by Crippen LogP contribution is -2.40. The highest BCUT2D eigenvalue weighted by Gasteiger charge is 2.27. The molecule has 1 amide bonds. The van der Waals surface area contributed by atoms with Crippen molar-refractivity contribution < 1.29 is 24.2 Å². The molecule has 21 heavy (non-hydrogen) atoms. The molecule has 0 aliphatic carbocycles. The van der Waals surface area contributed by atoms with Crippen LogP contribution in [0, 0.1) is 0 Å². The van der Waals surface area contributed by atoms with Gasteiger partial charge in [0.25, 0.3) is 5.91 Å². The number of anilines is 1. The van der Waals surface area contributed by atoms with Gasteiger partial charge < -0.3 is 19.9 Å². The molecule has 1 aromatic heterocycles. The first-order valence-corrected chi connectivity index (χ1v) is 7.02. The van der Waals surface area contributed by atoms with Crippen LogP contribution in [0.2, 0.25) is 0 Å². The molecule has 1 atom stereocenters. The van der Waals surface area contributed by atoms with Crippen molar-refractivity contribution in [1.29, 1.82) is 0 Å². The third kappa shape index (κ3) is 2.82. The van der Waals surface area contributed by atoms with Gasteiger partial charge in [-0.2, -0.15) is 0 Å². The van der Waals surface area contributed by atoms with Gasteiger partial charge in [0.2, 0.25) is 6.10 Å². The number of rotatable bonds is 3. The Bertz CT molecular complexity index is 696. The van der Waals surface area contributed by atoms with Gasteiger partial charge in [0, 0.05) is 5.38 Å². The molecule has 1 aliphatic rings. The number of thiophene rings is 1. The number of benzene rings is 1. The minimum Gasteiger partial charge on any atom is -0.485 e. The Hall–Kier alpha value is -2.54. The maximum atomic E-state index is 12.1. The molecular weight excluding hydrogens is 294 g/mol. The molecule has 2 heterocycles. The van der Waals surface area contributed by atoms with Crippen molar-refractivity contribution in [3.63, 3.8) is 0 Å². The average Bonchev–Trinajstić information content (AvgIpc) is 2.95. The van der Waals surface area contributed by atoms with Crippen LogP contribution in [0.3, 0.4) is 0 Å². The Kier molecular flexibility index (Phi) is 3.49. The first-order chi connectivity index (χ1) is 10.1. The number of hydrogen-bond acceptors (Lipinski definition) is 5. The predicted molar refractivity (Wildman–Crippen MR) is 76.3 cm³/mol. The van der Waals surface area contributed by atoms with E-state index in [2.05, 4.69) is 5.32 Å². The van der Waals surface area contributed by atoms with Gasteiger partial charge in [0.05, 0.1) is 10.6 Å². The summed E-state index contributed by atoms with van der Waals surface area (Å²) in [5.74, 6) is -0.284. The van der Waals surface area contributed by atoms with E-state index in [4.69, 9.17) is 14.6 Å². The number of carbonyl (C=O) groups excluding carboxylic acids is 1. The second-order valence-corrected chi connectivity index (χ2v) is 5.27. The highest BCUT2D eigenvalue weighted by Crippen LogP contribution is 2.31. The van der Waals surface area contributed by atoms with E-state index in [0.717, 1.165) is 11.3 Å². The predicted octanol–water partition coefficient (Wildman–Crippen LogP) is 2.22. The molecular formula is C14H11NO5S. The van der Waals surface area contributed by atoms with Crippen molar-refractivity contribution >= 4 is 28.2 Å². The van der Waals surface area contributed by atoms with Gasteiger partial charge in [0.15, 0.2) is 11.5 Å². The summed E-state index contributed by atoms with van der Waals surface area (Å²) in [4.78, 5) is 22.9. The fourth-order valence-electron chi connectivity index (χ4n) is 1.86. The standard InChI is InChI=1S/C14H11NO5S/c16-13(15-12-5-8(7-21-12)14(17)18)11-6-19-9-3-1-2-4-10(9)20-11/h1-5,7,11H,6H2,(H,15,16)(H,17,18). The number of nitrogens with one attached hydrogen (secondary N) is 1. The maximum Gasteiger partial charge on any atom is 0.336 e. The molecule has 0 radical (unpaired) electrons. The molecule has 7 heteroatoms. The highest BCUT2D eigenvalue weighted by atomic mass is 32.1. The van der Waals surface area contributed by atoms with Crippen LogP contribution in [-0.2, 0) is 4.79 Å². The van der Waals surface area contributed by atoms with E-state index >= 15 is 0 Å². The Morgan fingerprint density at radius 2 is 2.05 bits per heavy atom. The summed E-state index contributed by atoms with van der Waals surface area (Å²) in [5, 5.41) is 13.4. The number of ether oxygens (including phenoxy) is 2. The number of fused-ring (bicyclic) bond motifs is 1. The molecule has 0 spiro atoms. The topological polar surface area (TPSA) is 84.9 Å². The van der Waals surface area contributed by atoms with Gasteiger partial charge >= 0.3 is 5.97 Å². The van der Waals surface area contributed by atoms with Crippen LogP contribution in [0.1, 0.15) is 10.4 Å². The van der Waals surface area contributed by atoms with E-state index in [9.17, 15) is 9.59 Å². The van der Waals surface area contributed by atoms with Gasteiger partial charge in [-0.05, 0) is 18.2 Å². The quantitative estimate of drug-likeness (QED) is 0.908. The second kappa shape index (κ2) is 5.45.